The van der Waals surface area contributed by atoms with E-state index in [2.05, 4.69) is 20.8 Å². The lowest BCUT2D eigenvalue weighted by molar-refractivity contribution is -0.116. The Morgan fingerprint density at radius 3 is 2.68 bits per heavy atom. The van der Waals surface area contributed by atoms with Crippen LogP contribution in [0.2, 0.25) is 0 Å². The van der Waals surface area contributed by atoms with Crippen molar-refractivity contribution in [2.24, 2.45) is 0 Å². The van der Waals surface area contributed by atoms with E-state index in [9.17, 15) is 9.59 Å². The van der Waals surface area contributed by atoms with Crippen molar-refractivity contribution in [3.63, 3.8) is 0 Å². The Labute approximate surface area is 128 Å². The summed E-state index contributed by atoms with van der Waals surface area (Å²) in [5.74, 6) is -0.318. The second kappa shape index (κ2) is 7.30. The quantitative estimate of drug-likeness (QED) is 0.851. The smallest absolute Gasteiger partial charge is 0.253 e. The summed E-state index contributed by atoms with van der Waals surface area (Å²) >= 11 is 0. The summed E-state index contributed by atoms with van der Waals surface area (Å²) in [5.41, 5.74) is 1.11. The fraction of sp³-hybridized carbons (Fsp3) is 0.357. The lowest BCUT2D eigenvalue weighted by Crippen LogP contribution is -2.30. The molecule has 0 aliphatic heterocycles. The van der Waals surface area contributed by atoms with Crippen molar-refractivity contribution in [2.75, 3.05) is 18.4 Å². The highest BCUT2D eigenvalue weighted by Gasteiger charge is 2.13. The van der Waals surface area contributed by atoms with E-state index in [1.54, 1.807) is 29.2 Å². The molecular formula is C14H18N6O2. The average molecular weight is 302 g/mol. The minimum atomic E-state index is -0.264. The van der Waals surface area contributed by atoms with Gasteiger partial charge in [-0.1, -0.05) is 6.07 Å². The summed E-state index contributed by atoms with van der Waals surface area (Å²) in [6.07, 6.45) is 1.36. The molecule has 0 saturated heterocycles. The molecule has 2 amide bonds. The Morgan fingerprint density at radius 1 is 1.27 bits per heavy atom. The maximum Gasteiger partial charge on any atom is 0.253 e. The van der Waals surface area contributed by atoms with Gasteiger partial charge in [0.25, 0.3) is 5.91 Å². The predicted octanol–water partition coefficient (Wildman–Crippen LogP) is 0.794. The summed E-state index contributed by atoms with van der Waals surface area (Å²) < 4.78 is 1.32. The molecule has 1 heterocycles. The van der Waals surface area contributed by atoms with Crippen molar-refractivity contribution < 1.29 is 9.59 Å². The van der Waals surface area contributed by atoms with E-state index in [4.69, 9.17) is 0 Å². The van der Waals surface area contributed by atoms with Crippen LogP contribution in [-0.2, 0) is 11.3 Å². The minimum Gasteiger partial charge on any atom is -0.339 e. The number of benzene rings is 1. The van der Waals surface area contributed by atoms with Crippen molar-refractivity contribution >= 4 is 17.5 Å². The normalized spacial score (nSPS) is 10.3. The molecule has 0 saturated carbocycles. The summed E-state index contributed by atoms with van der Waals surface area (Å²) in [7, 11) is 0. The van der Waals surface area contributed by atoms with Gasteiger partial charge in [-0.2, -0.15) is 0 Å². The molecule has 0 fully saturated rings. The monoisotopic (exact) mass is 302 g/mol. The summed E-state index contributed by atoms with van der Waals surface area (Å²) in [4.78, 5) is 25.9. The van der Waals surface area contributed by atoms with E-state index in [-0.39, 0.29) is 18.4 Å². The van der Waals surface area contributed by atoms with E-state index in [1.165, 1.54) is 11.0 Å². The number of aromatic nitrogens is 4. The Morgan fingerprint density at radius 2 is 2.05 bits per heavy atom. The summed E-state index contributed by atoms with van der Waals surface area (Å²) in [5, 5.41) is 13.3. The van der Waals surface area contributed by atoms with E-state index < -0.39 is 0 Å². The number of carbonyl (C=O) groups excluding carboxylic acids is 2. The highest BCUT2D eigenvalue weighted by Crippen LogP contribution is 2.13. The molecule has 0 aliphatic rings. The van der Waals surface area contributed by atoms with Crippen LogP contribution in [0.25, 0.3) is 0 Å². The lowest BCUT2D eigenvalue weighted by Gasteiger charge is -2.19. The van der Waals surface area contributed by atoms with E-state index in [1.807, 2.05) is 13.8 Å². The first-order chi connectivity index (χ1) is 10.6. The van der Waals surface area contributed by atoms with Gasteiger partial charge in [-0.05, 0) is 42.5 Å². The third-order valence-electron chi connectivity index (χ3n) is 3.14. The van der Waals surface area contributed by atoms with Crippen LogP contribution in [0.4, 0.5) is 5.69 Å². The Bertz CT molecular complexity index is 637. The first-order valence-corrected chi connectivity index (χ1v) is 7.04. The van der Waals surface area contributed by atoms with Crippen LogP contribution in [0, 0.1) is 0 Å². The Hall–Kier alpha value is -2.77. The maximum absolute atomic E-state index is 12.3. The zero-order chi connectivity index (χ0) is 15.9. The molecule has 2 rings (SSSR count). The van der Waals surface area contributed by atoms with Gasteiger partial charge < -0.3 is 10.2 Å². The molecule has 8 nitrogen and oxygen atoms in total. The molecular weight excluding hydrogens is 284 g/mol. The molecule has 0 aliphatic carbocycles. The van der Waals surface area contributed by atoms with Crippen LogP contribution >= 0.6 is 0 Å². The van der Waals surface area contributed by atoms with E-state index in [0.29, 0.717) is 24.3 Å². The SMILES string of the molecule is CCN(CC)C(=O)c1cccc(NC(=O)Cn2cnnn2)c1. The largest absolute Gasteiger partial charge is 0.339 e. The second-order valence-electron chi connectivity index (χ2n) is 4.61. The zero-order valence-corrected chi connectivity index (χ0v) is 12.6. The lowest BCUT2D eigenvalue weighted by atomic mass is 10.1. The van der Waals surface area contributed by atoms with Crippen LogP contribution in [0.5, 0.6) is 0 Å². The third kappa shape index (κ3) is 3.87. The van der Waals surface area contributed by atoms with Gasteiger partial charge in [0.1, 0.15) is 12.9 Å². The van der Waals surface area contributed by atoms with Crippen molar-refractivity contribution in [3.8, 4) is 0 Å². The Balaban J connectivity index is 2.05. The minimum absolute atomic E-state index is 0.0151. The van der Waals surface area contributed by atoms with Crippen molar-refractivity contribution in [2.45, 2.75) is 20.4 Å². The first-order valence-electron chi connectivity index (χ1n) is 7.04. The maximum atomic E-state index is 12.3. The van der Waals surface area contributed by atoms with Gasteiger partial charge >= 0.3 is 0 Å². The third-order valence-corrected chi connectivity index (χ3v) is 3.14. The number of carbonyl (C=O) groups is 2. The number of anilines is 1. The molecule has 0 radical (unpaired) electrons. The molecule has 1 aromatic heterocycles. The predicted molar refractivity (Wildman–Crippen MR) is 80.1 cm³/mol. The number of nitrogens with zero attached hydrogens (tertiary/aromatic N) is 5. The number of amides is 2. The van der Waals surface area contributed by atoms with Crippen LogP contribution in [-0.4, -0.2) is 50.0 Å². The molecule has 0 spiro atoms. The van der Waals surface area contributed by atoms with Gasteiger partial charge in [0.15, 0.2) is 0 Å². The molecule has 8 heteroatoms. The van der Waals surface area contributed by atoms with Gasteiger partial charge in [0.05, 0.1) is 0 Å². The van der Waals surface area contributed by atoms with Crippen molar-refractivity contribution in [1.82, 2.24) is 25.1 Å². The first kappa shape index (κ1) is 15.6. The number of hydrogen-bond acceptors (Lipinski definition) is 5. The summed E-state index contributed by atoms with van der Waals surface area (Å²) in [6, 6.07) is 6.87. The molecule has 0 bridgehead atoms. The standard InChI is InChI=1S/C14H18N6O2/c1-3-19(4-2)14(22)11-6-5-7-12(8-11)16-13(21)9-20-10-15-17-18-20/h5-8,10H,3-4,9H2,1-2H3,(H,16,21). The molecule has 0 unspecified atom stereocenters. The number of tetrazole rings is 1. The number of hydrogen-bond donors (Lipinski definition) is 1. The van der Waals surface area contributed by atoms with Gasteiger partial charge in [0.2, 0.25) is 5.91 Å². The molecule has 116 valence electrons. The molecule has 1 N–H and O–H groups in total. The van der Waals surface area contributed by atoms with Crippen molar-refractivity contribution in [3.05, 3.63) is 36.2 Å². The van der Waals surface area contributed by atoms with Crippen LogP contribution in [0.3, 0.4) is 0 Å². The second-order valence-corrected chi connectivity index (χ2v) is 4.61. The molecule has 0 atom stereocenters. The van der Waals surface area contributed by atoms with Crippen LogP contribution < -0.4 is 5.32 Å². The van der Waals surface area contributed by atoms with Gasteiger partial charge in [0, 0.05) is 24.3 Å². The topological polar surface area (TPSA) is 93.0 Å². The highest BCUT2D eigenvalue weighted by molar-refractivity contribution is 5.97. The van der Waals surface area contributed by atoms with Crippen molar-refractivity contribution in [1.29, 1.82) is 0 Å². The number of rotatable bonds is 6. The van der Waals surface area contributed by atoms with E-state index >= 15 is 0 Å². The Kier molecular flexibility index (Phi) is 5.18. The summed E-state index contributed by atoms with van der Waals surface area (Å²) in [6.45, 7) is 5.16. The molecule has 1 aromatic carbocycles. The number of nitrogens with one attached hydrogen (secondary N) is 1. The fourth-order valence-corrected chi connectivity index (χ4v) is 2.02. The molecule has 22 heavy (non-hydrogen) atoms. The van der Waals surface area contributed by atoms with Gasteiger partial charge in [-0.25, -0.2) is 4.68 Å². The van der Waals surface area contributed by atoms with Crippen LogP contribution in [0.15, 0.2) is 30.6 Å². The average Bonchev–Trinajstić information content (AvgIpc) is 3.01. The molecule has 2 aromatic rings. The van der Waals surface area contributed by atoms with E-state index in [0.717, 1.165) is 0 Å². The van der Waals surface area contributed by atoms with Gasteiger partial charge in [-0.15, -0.1) is 5.10 Å². The van der Waals surface area contributed by atoms with Crippen LogP contribution in [0.1, 0.15) is 24.2 Å². The fourth-order valence-electron chi connectivity index (χ4n) is 2.02. The zero-order valence-electron chi connectivity index (χ0n) is 12.6. The van der Waals surface area contributed by atoms with Gasteiger partial charge in [-0.3, -0.25) is 9.59 Å². The highest BCUT2D eigenvalue weighted by atomic mass is 16.2.